The molecule has 5 N–H and O–H groups in total. The Kier molecular flexibility index (Phi) is 10.9. The maximum absolute atomic E-state index is 12.0. The molecule has 0 saturated heterocycles. The van der Waals surface area contributed by atoms with Gasteiger partial charge in [-0.05, 0) is 6.42 Å². The van der Waals surface area contributed by atoms with Crippen LogP contribution < -0.4 is 26.8 Å². The summed E-state index contributed by atoms with van der Waals surface area (Å²) in [6.07, 6.45) is -0.276. The molecule has 0 heterocycles. The Morgan fingerprint density at radius 1 is 1.12 bits per heavy atom. The van der Waals surface area contributed by atoms with Crippen molar-refractivity contribution in [2.75, 3.05) is 46.5 Å². The molecule has 3 amide bonds. The van der Waals surface area contributed by atoms with Crippen LogP contribution in [0.2, 0.25) is 0 Å². The summed E-state index contributed by atoms with van der Waals surface area (Å²) in [5.74, 6) is -2.86. The fourth-order valence-corrected chi connectivity index (χ4v) is 2.01. The number of carboxylic acid groups (broad SMARTS) is 1. The average molecular weight is 391 g/mol. The number of rotatable bonds is 12. The van der Waals surface area contributed by atoms with Gasteiger partial charge in [-0.25, -0.2) is 0 Å². The highest BCUT2D eigenvalue weighted by Gasteiger charge is 2.20. The summed E-state index contributed by atoms with van der Waals surface area (Å²) in [6.45, 7) is 0.998. The zero-order valence-corrected chi connectivity index (χ0v) is 16.3. The van der Waals surface area contributed by atoms with Crippen LogP contribution in [0, 0.1) is 0 Å². The van der Waals surface area contributed by atoms with Gasteiger partial charge in [0.25, 0.3) is 0 Å². The molecule has 0 bridgehead atoms. The lowest BCUT2D eigenvalue weighted by molar-refractivity contribution is -0.869. The number of hydrogen-bond acceptors (Lipinski definition) is 7. The third-order valence-corrected chi connectivity index (χ3v) is 3.71. The van der Waals surface area contributed by atoms with Gasteiger partial charge in [-0.1, -0.05) is 0 Å². The van der Waals surface area contributed by atoms with Crippen LogP contribution in [0.15, 0.2) is 0 Å². The van der Waals surface area contributed by atoms with E-state index in [2.05, 4.69) is 28.6 Å². The Hall–Kier alpha value is -1.85. The van der Waals surface area contributed by atoms with E-state index in [1.54, 1.807) is 0 Å². The summed E-state index contributed by atoms with van der Waals surface area (Å²) in [4.78, 5) is 45.9. The molecule has 0 aliphatic rings. The Balaban J connectivity index is 4.21. The first kappa shape index (κ1) is 24.1. The van der Waals surface area contributed by atoms with Crippen LogP contribution in [0.25, 0.3) is 0 Å². The molecule has 0 aromatic heterocycles. The van der Waals surface area contributed by atoms with Crippen LogP contribution in [-0.2, 0) is 19.2 Å². The SMILES string of the molecule is C[N+](C)(C)CCNC(=O)CNC(=O)[C@@H](CS)NC(=O)CC[C@H](N)C(=O)[O-]. The molecule has 26 heavy (non-hydrogen) atoms. The second-order valence-electron chi connectivity index (χ2n) is 6.85. The highest BCUT2D eigenvalue weighted by Crippen LogP contribution is 1.96. The van der Waals surface area contributed by atoms with E-state index < -0.39 is 29.9 Å². The summed E-state index contributed by atoms with van der Waals surface area (Å²) < 4.78 is 0.696. The lowest BCUT2D eigenvalue weighted by Gasteiger charge is -2.23. The summed E-state index contributed by atoms with van der Waals surface area (Å²) in [7, 11) is 5.98. The van der Waals surface area contributed by atoms with Gasteiger partial charge in [0.2, 0.25) is 17.7 Å². The summed E-state index contributed by atoms with van der Waals surface area (Å²) in [5.41, 5.74) is 5.25. The third kappa shape index (κ3) is 11.7. The van der Waals surface area contributed by atoms with E-state index in [9.17, 15) is 24.3 Å². The van der Waals surface area contributed by atoms with Crippen molar-refractivity contribution in [3.05, 3.63) is 0 Å². The number of carbonyl (C=O) groups excluding carboxylic acids is 4. The molecule has 10 nitrogen and oxygen atoms in total. The van der Waals surface area contributed by atoms with Crippen molar-refractivity contribution in [1.29, 1.82) is 0 Å². The number of amides is 3. The van der Waals surface area contributed by atoms with Gasteiger partial charge in [-0.3, -0.25) is 14.4 Å². The summed E-state index contributed by atoms with van der Waals surface area (Å²) in [5, 5.41) is 18.0. The molecule has 0 aliphatic carbocycles. The zero-order chi connectivity index (χ0) is 20.3. The minimum Gasteiger partial charge on any atom is -0.548 e. The number of nitrogens with two attached hydrogens (primary N) is 1. The maximum Gasteiger partial charge on any atom is 0.243 e. The quantitative estimate of drug-likeness (QED) is 0.170. The lowest BCUT2D eigenvalue weighted by atomic mass is 10.1. The van der Waals surface area contributed by atoms with Crippen molar-refractivity contribution in [3.8, 4) is 0 Å². The molecule has 0 saturated carbocycles. The molecule has 0 aromatic carbocycles. The summed E-state index contributed by atoms with van der Waals surface area (Å²) in [6, 6.07) is -2.19. The smallest absolute Gasteiger partial charge is 0.243 e. The van der Waals surface area contributed by atoms with Crippen molar-refractivity contribution in [1.82, 2.24) is 16.0 Å². The van der Waals surface area contributed by atoms with Gasteiger partial charge in [-0.15, -0.1) is 0 Å². The molecule has 0 aromatic rings. The fourth-order valence-electron chi connectivity index (χ4n) is 1.75. The van der Waals surface area contributed by atoms with E-state index in [-0.39, 0.29) is 31.0 Å². The van der Waals surface area contributed by atoms with E-state index >= 15 is 0 Å². The first-order valence-corrected chi connectivity index (χ1v) is 8.81. The topological polar surface area (TPSA) is 153 Å². The van der Waals surface area contributed by atoms with Crippen LogP contribution in [0.1, 0.15) is 12.8 Å². The average Bonchev–Trinajstić information content (AvgIpc) is 2.53. The zero-order valence-electron chi connectivity index (χ0n) is 15.4. The number of thiol groups is 1. The van der Waals surface area contributed by atoms with Crippen molar-refractivity contribution in [3.63, 3.8) is 0 Å². The first-order chi connectivity index (χ1) is 12.0. The Bertz CT molecular complexity index is 509. The standard InChI is InChI=1S/C15H29N5O5S/c1-20(2,3)7-6-17-13(22)8-18-14(23)11(9-26)19-12(21)5-4-10(16)15(24)25/h10-11H,4-9,16H2,1-3H3,(H4-,17,18,19,21,22,23,24,25,26)/t10-,11+/m0/s1. The second-order valence-corrected chi connectivity index (χ2v) is 7.21. The minimum absolute atomic E-state index is 0.0211. The monoisotopic (exact) mass is 391 g/mol. The highest BCUT2D eigenvalue weighted by atomic mass is 32.1. The van der Waals surface area contributed by atoms with Gasteiger partial charge in [0.15, 0.2) is 0 Å². The van der Waals surface area contributed by atoms with E-state index in [4.69, 9.17) is 5.73 Å². The third-order valence-electron chi connectivity index (χ3n) is 3.35. The molecule has 0 spiro atoms. The van der Waals surface area contributed by atoms with Crippen LogP contribution in [0.5, 0.6) is 0 Å². The number of hydrogen-bond donors (Lipinski definition) is 5. The van der Waals surface area contributed by atoms with Crippen molar-refractivity contribution >= 4 is 36.3 Å². The highest BCUT2D eigenvalue weighted by molar-refractivity contribution is 7.80. The molecular formula is C15H29N5O5S. The van der Waals surface area contributed by atoms with Crippen LogP contribution in [0.4, 0.5) is 0 Å². The normalized spacial score (nSPS) is 13.4. The fraction of sp³-hybridized carbons (Fsp3) is 0.733. The maximum atomic E-state index is 12.0. The van der Waals surface area contributed by atoms with E-state index in [0.717, 1.165) is 6.54 Å². The number of likely N-dealkylation sites (N-methyl/N-ethyl adjacent to an activating group) is 1. The Morgan fingerprint density at radius 2 is 1.73 bits per heavy atom. The number of carbonyl (C=O) groups is 4. The molecular weight excluding hydrogens is 362 g/mol. The predicted molar refractivity (Wildman–Crippen MR) is 96.9 cm³/mol. The predicted octanol–water partition coefficient (Wildman–Crippen LogP) is -3.80. The Morgan fingerprint density at radius 3 is 2.23 bits per heavy atom. The second kappa shape index (κ2) is 11.7. The van der Waals surface area contributed by atoms with Gasteiger partial charge < -0.3 is 36.1 Å². The van der Waals surface area contributed by atoms with Gasteiger partial charge in [-0.2, -0.15) is 12.6 Å². The Labute approximate surface area is 158 Å². The number of nitrogens with zero attached hydrogens (tertiary/aromatic N) is 1. The van der Waals surface area contributed by atoms with Crippen molar-refractivity contribution in [2.45, 2.75) is 24.9 Å². The molecule has 2 atom stereocenters. The number of quaternary nitrogens is 1. The number of aliphatic carboxylic acids is 1. The van der Waals surface area contributed by atoms with Gasteiger partial charge in [0.05, 0.1) is 46.7 Å². The summed E-state index contributed by atoms with van der Waals surface area (Å²) >= 11 is 4.00. The molecule has 0 fully saturated rings. The molecule has 0 unspecified atom stereocenters. The molecule has 0 radical (unpaired) electrons. The first-order valence-electron chi connectivity index (χ1n) is 8.17. The van der Waals surface area contributed by atoms with E-state index in [1.165, 1.54) is 0 Å². The molecule has 0 rings (SSSR count). The molecule has 11 heteroatoms. The van der Waals surface area contributed by atoms with Gasteiger partial charge in [0.1, 0.15) is 6.04 Å². The van der Waals surface area contributed by atoms with Crippen LogP contribution in [0.3, 0.4) is 0 Å². The molecule has 150 valence electrons. The van der Waals surface area contributed by atoms with Crippen LogP contribution >= 0.6 is 12.6 Å². The van der Waals surface area contributed by atoms with Gasteiger partial charge in [0, 0.05) is 18.2 Å². The minimum atomic E-state index is -1.45. The van der Waals surface area contributed by atoms with Crippen molar-refractivity contribution < 1.29 is 28.8 Å². The number of carboxylic acids is 1. The molecule has 0 aliphatic heterocycles. The van der Waals surface area contributed by atoms with Gasteiger partial charge >= 0.3 is 0 Å². The van der Waals surface area contributed by atoms with Crippen LogP contribution in [-0.4, -0.2) is 86.8 Å². The largest absolute Gasteiger partial charge is 0.548 e. The lowest BCUT2D eigenvalue weighted by Crippen LogP contribution is -2.51. The van der Waals surface area contributed by atoms with E-state index in [1.807, 2.05) is 21.1 Å². The van der Waals surface area contributed by atoms with E-state index in [0.29, 0.717) is 11.0 Å². The van der Waals surface area contributed by atoms with Crippen molar-refractivity contribution in [2.24, 2.45) is 5.73 Å². The number of nitrogens with one attached hydrogen (secondary N) is 3.